The predicted molar refractivity (Wildman–Crippen MR) is 71.2 cm³/mol. The predicted octanol–water partition coefficient (Wildman–Crippen LogP) is 1.51. The largest absolute Gasteiger partial charge is 0.376 e. The SMILES string of the molecule is Cc1c(C(=O)NCC2CCCO2)c(C2CC2)nn1C. The third kappa shape index (κ3) is 2.52. The van der Waals surface area contributed by atoms with Gasteiger partial charge in [-0.3, -0.25) is 9.48 Å². The Bertz CT molecular complexity index is 485. The molecule has 104 valence electrons. The van der Waals surface area contributed by atoms with E-state index in [4.69, 9.17) is 4.74 Å². The summed E-state index contributed by atoms with van der Waals surface area (Å²) in [5.74, 6) is 0.492. The summed E-state index contributed by atoms with van der Waals surface area (Å²) in [6, 6.07) is 0. The minimum atomic E-state index is 0.00278. The van der Waals surface area contributed by atoms with E-state index in [0.717, 1.165) is 49.2 Å². The number of carbonyl (C=O) groups excluding carboxylic acids is 1. The first-order valence-corrected chi connectivity index (χ1v) is 7.10. The Morgan fingerprint density at radius 3 is 2.89 bits per heavy atom. The van der Waals surface area contributed by atoms with Gasteiger partial charge in [-0.05, 0) is 32.6 Å². The normalized spacial score (nSPS) is 22.7. The lowest BCUT2D eigenvalue weighted by Gasteiger charge is -2.11. The highest BCUT2D eigenvalue weighted by atomic mass is 16.5. The molecule has 0 bridgehead atoms. The number of aromatic nitrogens is 2. The molecule has 1 amide bonds. The van der Waals surface area contributed by atoms with E-state index in [1.165, 1.54) is 0 Å². The third-order valence-corrected chi connectivity index (χ3v) is 4.07. The van der Waals surface area contributed by atoms with Gasteiger partial charge < -0.3 is 10.1 Å². The molecule has 1 N–H and O–H groups in total. The molecule has 1 aliphatic heterocycles. The van der Waals surface area contributed by atoms with Crippen molar-refractivity contribution in [3.8, 4) is 0 Å². The molecule has 0 aromatic carbocycles. The summed E-state index contributed by atoms with van der Waals surface area (Å²) >= 11 is 0. The van der Waals surface area contributed by atoms with Crippen molar-refractivity contribution in [2.75, 3.05) is 13.2 Å². The molecule has 2 aliphatic rings. The standard InChI is InChI=1S/C14H21N3O2/c1-9-12(13(10-5-6-10)16-17(9)2)14(18)15-8-11-4-3-7-19-11/h10-11H,3-8H2,1-2H3,(H,15,18). The number of amides is 1. The second-order valence-corrected chi connectivity index (χ2v) is 5.59. The van der Waals surface area contributed by atoms with Gasteiger partial charge in [-0.25, -0.2) is 0 Å². The van der Waals surface area contributed by atoms with Crippen LogP contribution in [0, 0.1) is 6.92 Å². The number of carbonyl (C=O) groups is 1. The van der Waals surface area contributed by atoms with Gasteiger partial charge in [-0.15, -0.1) is 0 Å². The zero-order chi connectivity index (χ0) is 13.4. The zero-order valence-electron chi connectivity index (χ0n) is 11.6. The molecular formula is C14H21N3O2. The maximum atomic E-state index is 12.4. The van der Waals surface area contributed by atoms with Crippen LogP contribution in [0.25, 0.3) is 0 Å². The van der Waals surface area contributed by atoms with Gasteiger partial charge in [0, 0.05) is 31.8 Å². The average molecular weight is 263 g/mol. The summed E-state index contributed by atoms with van der Waals surface area (Å²) in [6.07, 6.45) is 4.64. The molecular weight excluding hydrogens is 242 g/mol. The lowest BCUT2D eigenvalue weighted by molar-refractivity contribution is 0.0856. The third-order valence-electron chi connectivity index (χ3n) is 4.07. The van der Waals surface area contributed by atoms with Crippen LogP contribution in [0.15, 0.2) is 0 Å². The van der Waals surface area contributed by atoms with Crippen LogP contribution in [0.2, 0.25) is 0 Å². The topological polar surface area (TPSA) is 56.1 Å². The molecule has 2 heterocycles. The van der Waals surface area contributed by atoms with Crippen LogP contribution in [-0.4, -0.2) is 34.9 Å². The van der Waals surface area contributed by atoms with Gasteiger partial charge in [0.1, 0.15) is 0 Å². The first-order valence-electron chi connectivity index (χ1n) is 7.10. The molecule has 1 saturated carbocycles. The van der Waals surface area contributed by atoms with Crippen molar-refractivity contribution in [1.82, 2.24) is 15.1 Å². The van der Waals surface area contributed by atoms with E-state index < -0.39 is 0 Å². The highest BCUT2D eigenvalue weighted by molar-refractivity contribution is 5.96. The summed E-state index contributed by atoms with van der Waals surface area (Å²) in [7, 11) is 1.90. The van der Waals surface area contributed by atoms with E-state index >= 15 is 0 Å². The first kappa shape index (κ1) is 12.7. The fraction of sp³-hybridized carbons (Fsp3) is 0.714. The van der Waals surface area contributed by atoms with E-state index in [2.05, 4.69) is 10.4 Å². The Morgan fingerprint density at radius 1 is 1.47 bits per heavy atom. The van der Waals surface area contributed by atoms with Crippen LogP contribution in [0.4, 0.5) is 0 Å². The molecule has 2 fully saturated rings. The highest BCUT2D eigenvalue weighted by Gasteiger charge is 2.33. The fourth-order valence-corrected chi connectivity index (χ4v) is 2.66. The van der Waals surface area contributed by atoms with Crippen LogP contribution in [-0.2, 0) is 11.8 Å². The number of ether oxygens (including phenoxy) is 1. The fourth-order valence-electron chi connectivity index (χ4n) is 2.66. The second-order valence-electron chi connectivity index (χ2n) is 5.59. The van der Waals surface area contributed by atoms with Gasteiger partial charge in [-0.2, -0.15) is 5.10 Å². The monoisotopic (exact) mass is 263 g/mol. The minimum Gasteiger partial charge on any atom is -0.376 e. The smallest absolute Gasteiger partial charge is 0.255 e. The summed E-state index contributed by atoms with van der Waals surface area (Å²) in [5, 5.41) is 7.50. The van der Waals surface area contributed by atoms with Gasteiger partial charge >= 0.3 is 0 Å². The molecule has 19 heavy (non-hydrogen) atoms. The molecule has 1 aliphatic carbocycles. The zero-order valence-corrected chi connectivity index (χ0v) is 11.6. The molecule has 1 aromatic rings. The summed E-state index contributed by atoms with van der Waals surface area (Å²) in [5.41, 5.74) is 2.71. The Kier molecular flexibility index (Phi) is 3.31. The van der Waals surface area contributed by atoms with Crippen molar-refractivity contribution >= 4 is 5.91 Å². The van der Waals surface area contributed by atoms with Crippen molar-refractivity contribution in [2.45, 2.75) is 44.6 Å². The van der Waals surface area contributed by atoms with Crippen molar-refractivity contribution < 1.29 is 9.53 Å². The lowest BCUT2D eigenvalue weighted by atomic mass is 10.1. The summed E-state index contributed by atoms with van der Waals surface area (Å²) in [4.78, 5) is 12.4. The van der Waals surface area contributed by atoms with Crippen molar-refractivity contribution in [3.05, 3.63) is 17.0 Å². The van der Waals surface area contributed by atoms with Gasteiger partial charge in [0.05, 0.1) is 17.4 Å². The molecule has 1 atom stereocenters. The van der Waals surface area contributed by atoms with Gasteiger partial charge in [-0.1, -0.05) is 0 Å². The number of hydrogen-bond acceptors (Lipinski definition) is 3. The van der Waals surface area contributed by atoms with Gasteiger partial charge in [0.15, 0.2) is 0 Å². The Hall–Kier alpha value is -1.36. The van der Waals surface area contributed by atoms with Crippen molar-refractivity contribution in [3.63, 3.8) is 0 Å². The summed E-state index contributed by atoms with van der Waals surface area (Å²) < 4.78 is 7.34. The van der Waals surface area contributed by atoms with E-state index in [1.54, 1.807) is 0 Å². The number of hydrogen-bond donors (Lipinski definition) is 1. The number of nitrogens with one attached hydrogen (secondary N) is 1. The Morgan fingerprint density at radius 2 is 2.26 bits per heavy atom. The average Bonchev–Trinajstić information content (AvgIpc) is 3.02. The molecule has 0 radical (unpaired) electrons. The van der Waals surface area contributed by atoms with Crippen LogP contribution in [0.5, 0.6) is 0 Å². The molecule has 5 nitrogen and oxygen atoms in total. The Labute approximate surface area is 113 Å². The molecule has 1 aromatic heterocycles. The molecule has 0 spiro atoms. The van der Waals surface area contributed by atoms with Crippen molar-refractivity contribution in [1.29, 1.82) is 0 Å². The maximum Gasteiger partial charge on any atom is 0.255 e. The van der Waals surface area contributed by atoms with Crippen LogP contribution >= 0.6 is 0 Å². The number of rotatable bonds is 4. The first-order chi connectivity index (χ1) is 9.16. The lowest BCUT2D eigenvalue weighted by Crippen LogP contribution is -2.32. The quantitative estimate of drug-likeness (QED) is 0.896. The molecule has 1 unspecified atom stereocenters. The van der Waals surface area contributed by atoms with E-state index in [9.17, 15) is 4.79 Å². The van der Waals surface area contributed by atoms with E-state index in [-0.39, 0.29) is 12.0 Å². The number of aryl methyl sites for hydroxylation is 1. The highest BCUT2D eigenvalue weighted by Crippen LogP contribution is 2.41. The van der Waals surface area contributed by atoms with Crippen LogP contribution in [0.1, 0.15) is 53.3 Å². The molecule has 5 heteroatoms. The minimum absolute atomic E-state index is 0.00278. The maximum absolute atomic E-state index is 12.4. The summed E-state index contributed by atoms with van der Waals surface area (Å²) in [6.45, 7) is 3.39. The van der Waals surface area contributed by atoms with E-state index in [0.29, 0.717) is 12.5 Å². The van der Waals surface area contributed by atoms with Crippen LogP contribution in [0.3, 0.4) is 0 Å². The van der Waals surface area contributed by atoms with Crippen LogP contribution < -0.4 is 5.32 Å². The second kappa shape index (κ2) is 4.96. The van der Waals surface area contributed by atoms with Gasteiger partial charge in [0.2, 0.25) is 0 Å². The number of nitrogens with zero attached hydrogens (tertiary/aromatic N) is 2. The van der Waals surface area contributed by atoms with Crippen molar-refractivity contribution in [2.24, 2.45) is 7.05 Å². The van der Waals surface area contributed by atoms with E-state index in [1.807, 2.05) is 18.7 Å². The van der Waals surface area contributed by atoms with Gasteiger partial charge in [0.25, 0.3) is 5.91 Å². The Balaban J connectivity index is 1.71. The molecule has 3 rings (SSSR count). The molecule has 1 saturated heterocycles.